The molecule has 170 valence electrons. The quantitative estimate of drug-likeness (QED) is 0.539. The van der Waals surface area contributed by atoms with E-state index in [4.69, 9.17) is 32.4 Å². The first-order valence-electron chi connectivity index (χ1n) is 11.1. The Morgan fingerprint density at radius 2 is 1.85 bits per heavy atom. The largest absolute Gasteiger partial charge is 0.480 e. The second-order valence-electron chi connectivity index (χ2n) is 9.34. The molecule has 3 atom stereocenters. The molecular formula is C25H22Cl2N2O4. The van der Waals surface area contributed by atoms with E-state index in [1.54, 1.807) is 24.4 Å². The SMILES string of the molecule is O=C(NC1CC2(c3ncc(-c4ccc(Cl)cc4)o3)CC1C2)[C@@H]1C[C@@H](O)c2cc(Cl)ccc2O1. The Hall–Kier alpha value is -2.54. The molecule has 1 aliphatic heterocycles. The molecule has 2 bridgehead atoms. The number of nitrogens with one attached hydrogen (secondary N) is 1. The Balaban J connectivity index is 1.13. The number of carbonyl (C=O) groups is 1. The Labute approximate surface area is 200 Å². The van der Waals surface area contributed by atoms with Gasteiger partial charge in [-0.05, 0) is 67.6 Å². The zero-order valence-corrected chi connectivity index (χ0v) is 19.1. The summed E-state index contributed by atoms with van der Waals surface area (Å²) in [6, 6.07) is 12.6. The summed E-state index contributed by atoms with van der Waals surface area (Å²) >= 11 is 12.0. The van der Waals surface area contributed by atoms with Gasteiger partial charge in [0.1, 0.15) is 5.75 Å². The first-order valence-corrected chi connectivity index (χ1v) is 11.8. The molecule has 0 radical (unpaired) electrons. The molecule has 4 aliphatic rings. The summed E-state index contributed by atoms with van der Waals surface area (Å²) in [4.78, 5) is 17.5. The summed E-state index contributed by atoms with van der Waals surface area (Å²) in [7, 11) is 0. The van der Waals surface area contributed by atoms with Gasteiger partial charge in [0.2, 0.25) is 5.89 Å². The molecule has 1 amide bonds. The van der Waals surface area contributed by atoms with E-state index in [1.807, 2.05) is 24.3 Å². The van der Waals surface area contributed by atoms with E-state index in [0.717, 1.165) is 36.5 Å². The number of aliphatic hydroxyl groups excluding tert-OH is 1. The number of hydrogen-bond donors (Lipinski definition) is 2. The number of amides is 1. The molecule has 3 saturated carbocycles. The zero-order valence-electron chi connectivity index (χ0n) is 17.6. The van der Waals surface area contributed by atoms with Crippen molar-refractivity contribution < 1.29 is 19.1 Å². The Bertz CT molecular complexity index is 1220. The Morgan fingerprint density at radius 3 is 2.64 bits per heavy atom. The van der Waals surface area contributed by atoms with Gasteiger partial charge >= 0.3 is 0 Å². The van der Waals surface area contributed by atoms with Gasteiger partial charge in [0.15, 0.2) is 11.9 Å². The highest BCUT2D eigenvalue weighted by molar-refractivity contribution is 6.31. The highest BCUT2D eigenvalue weighted by Gasteiger charge is 2.60. The van der Waals surface area contributed by atoms with Crippen molar-refractivity contribution in [3.8, 4) is 17.1 Å². The number of nitrogens with zero attached hydrogens (tertiary/aromatic N) is 1. The van der Waals surface area contributed by atoms with E-state index in [-0.39, 0.29) is 23.8 Å². The molecule has 0 spiro atoms. The van der Waals surface area contributed by atoms with E-state index < -0.39 is 12.2 Å². The van der Waals surface area contributed by atoms with Crippen molar-refractivity contribution in [1.82, 2.24) is 10.3 Å². The van der Waals surface area contributed by atoms with Gasteiger partial charge in [0.25, 0.3) is 5.91 Å². The number of rotatable bonds is 4. The lowest BCUT2D eigenvalue weighted by Gasteiger charge is -2.35. The van der Waals surface area contributed by atoms with Crippen molar-refractivity contribution in [1.29, 1.82) is 0 Å². The van der Waals surface area contributed by atoms with Crippen LogP contribution in [-0.4, -0.2) is 28.1 Å². The third-order valence-corrected chi connectivity index (χ3v) is 7.72. The first-order chi connectivity index (χ1) is 15.9. The van der Waals surface area contributed by atoms with Gasteiger partial charge in [0.05, 0.1) is 12.3 Å². The van der Waals surface area contributed by atoms with E-state index in [2.05, 4.69) is 10.3 Å². The average molecular weight is 485 g/mol. The van der Waals surface area contributed by atoms with Gasteiger partial charge < -0.3 is 19.6 Å². The highest BCUT2D eigenvalue weighted by atomic mass is 35.5. The molecule has 2 N–H and O–H groups in total. The van der Waals surface area contributed by atoms with Crippen LogP contribution in [0, 0.1) is 5.92 Å². The molecular weight excluding hydrogens is 463 g/mol. The van der Waals surface area contributed by atoms with Gasteiger partial charge in [0, 0.05) is 39.0 Å². The predicted molar refractivity (Wildman–Crippen MR) is 123 cm³/mol. The lowest BCUT2D eigenvalue weighted by molar-refractivity contribution is -0.131. The molecule has 6 nitrogen and oxygen atoms in total. The average Bonchev–Trinajstić information content (AvgIpc) is 3.48. The maximum absolute atomic E-state index is 13.0. The van der Waals surface area contributed by atoms with Gasteiger partial charge in [-0.2, -0.15) is 0 Å². The van der Waals surface area contributed by atoms with Crippen molar-refractivity contribution in [2.24, 2.45) is 5.92 Å². The van der Waals surface area contributed by atoms with Crippen molar-refractivity contribution in [3.63, 3.8) is 0 Å². The van der Waals surface area contributed by atoms with Gasteiger partial charge in [-0.1, -0.05) is 23.2 Å². The smallest absolute Gasteiger partial charge is 0.261 e. The van der Waals surface area contributed by atoms with Gasteiger partial charge in [-0.25, -0.2) is 4.98 Å². The fraction of sp³-hybridized carbons (Fsp3) is 0.360. The number of fused-ring (bicyclic) bond motifs is 2. The Kier molecular flexibility index (Phi) is 4.94. The summed E-state index contributed by atoms with van der Waals surface area (Å²) in [5, 5.41) is 14.8. The second-order valence-corrected chi connectivity index (χ2v) is 10.2. The topological polar surface area (TPSA) is 84.6 Å². The number of aliphatic hydroxyl groups is 1. The first kappa shape index (κ1) is 21.0. The van der Waals surface area contributed by atoms with Crippen LogP contribution in [-0.2, 0) is 10.2 Å². The van der Waals surface area contributed by atoms with Crippen molar-refractivity contribution >= 4 is 29.1 Å². The van der Waals surface area contributed by atoms with E-state index in [9.17, 15) is 9.90 Å². The summed E-state index contributed by atoms with van der Waals surface area (Å²) in [5.74, 6) is 2.14. The number of ether oxygens (including phenoxy) is 1. The zero-order chi connectivity index (χ0) is 22.7. The summed E-state index contributed by atoms with van der Waals surface area (Å²) in [6.45, 7) is 0. The lowest BCUT2D eigenvalue weighted by atomic mass is 9.69. The molecule has 3 fully saturated rings. The normalized spacial score (nSPS) is 29.7. The van der Waals surface area contributed by atoms with Crippen LogP contribution in [0.3, 0.4) is 0 Å². The summed E-state index contributed by atoms with van der Waals surface area (Å²) < 4.78 is 12.0. The van der Waals surface area contributed by atoms with E-state index in [1.165, 1.54) is 0 Å². The molecule has 1 aromatic heterocycles. The van der Waals surface area contributed by atoms with Crippen LogP contribution in [0.5, 0.6) is 5.75 Å². The number of oxazole rings is 1. The molecule has 3 aliphatic carbocycles. The fourth-order valence-electron chi connectivity index (χ4n) is 5.53. The summed E-state index contributed by atoms with van der Waals surface area (Å²) in [5.41, 5.74) is 1.42. The van der Waals surface area contributed by atoms with Crippen molar-refractivity contribution in [2.75, 3.05) is 0 Å². The highest BCUT2D eigenvalue weighted by Crippen LogP contribution is 2.59. The summed E-state index contributed by atoms with van der Waals surface area (Å²) in [6.07, 6.45) is 3.10. The van der Waals surface area contributed by atoms with Gasteiger partial charge in [-0.15, -0.1) is 0 Å². The molecule has 3 aromatic rings. The van der Waals surface area contributed by atoms with Crippen LogP contribution in [0.1, 0.15) is 43.2 Å². The molecule has 0 saturated heterocycles. The van der Waals surface area contributed by atoms with Crippen LogP contribution in [0.2, 0.25) is 10.0 Å². The molecule has 7 rings (SSSR count). The molecule has 1 unspecified atom stereocenters. The standard InChI is InChI=1S/C25H22Cl2N2O4/c26-15-3-1-13(2-4-15)22-12-28-24(33-22)25-9-14(10-25)18(11-25)29-23(31)21-8-19(30)17-7-16(27)5-6-20(17)32-21/h1-7,12,14,18-19,21,30H,8-11H2,(H,29,31)/t14?,18?,19-,21+,25?/m1/s1. The third kappa shape index (κ3) is 3.61. The van der Waals surface area contributed by atoms with E-state index in [0.29, 0.717) is 27.3 Å². The molecule has 2 heterocycles. The van der Waals surface area contributed by atoms with Crippen LogP contribution in [0.25, 0.3) is 11.3 Å². The monoisotopic (exact) mass is 484 g/mol. The van der Waals surface area contributed by atoms with Crippen LogP contribution < -0.4 is 10.1 Å². The predicted octanol–water partition coefficient (Wildman–Crippen LogP) is 5.07. The molecule has 33 heavy (non-hydrogen) atoms. The number of aromatic nitrogens is 1. The number of carbonyl (C=O) groups excluding carboxylic acids is 1. The third-order valence-electron chi connectivity index (χ3n) is 7.23. The second kappa shape index (κ2) is 7.76. The van der Waals surface area contributed by atoms with Gasteiger partial charge in [-0.3, -0.25) is 4.79 Å². The minimum atomic E-state index is -0.787. The number of halogens is 2. The number of benzene rings is 2. The Morgan fingerprint density at radius 1 is 1.09 bits per heavy atom. The maximum Gasteiger partial charge on any atom is 0.261 e. The molecule has 2 aromatic carbocycles. The fourth-order valence-corrected chi connectivity index (χ4v) is 5.84. The van der Waals surface area contributed by atoms with Crippen LogP contribution >= 0.6 is 23.2 Å². The minimum absolute atomic E-state index is 0.0377. The number of hydrogen-bond acceptors (Lipinski definition) is 5. The molecule has 8 heteroatoms. The van der Waals surface area contributed by atoms with Crippen molar-refractivity contribution in [2.45, 2.75) is 49.3 Å². The van der Waals surface area contributed by atoms with Crippen LogP contribution in [0.4, 0.5) is 0 Å². The van der Waals surface area contributed by atoms with Crippen molar-refractivity contribution in [3.05, 3.63) is 70.2 Å². The van der Waals surface area contributed by atoms with Crippen LogP contribution in [0.15, 0.2) is 53.1 Å². The van der Waals surface area contributed by atoms with E-state index >= 15 is 0 Å². The minimum Gasteiger partial charge on any atom is -0.480 e. The maximum atomic E-state index is 13.0. The lowest BCUT2D eigenvalue weighted by Crippen LogP contribution is -2.46.